The normalized spacial score (nSPS) is 14.4. The number of nitrogens with one attached hydrogen (secondary N) is 1. The van der Waals surface area contributed by atoms with E-state index in [9.17, 15) is 4.79 Å². The summed E-state index contributed by atoms with van der Waals surface area (Å²) < 4.78 is 17.6. The molecule has 0 bridgehead atoms. The number of benzene rings is 2. The molecule has 162 valence electrons. The molecule has 0 aliphatic carbocycles. The molecule has 8 heteroatoms. The molecule has 1 N–H and O–H groups in total. The maximum atomic E-state index is 12.6. The van der Waals surface area contributed by atoms with Crippen LogP contribution in [0.4, 0.5) is 5.69 Å². The van der Waals surface area contributed by atoms with Crippen LogP contribution in [0.3, 0.4) is 0 Å². The summed E-state index contributed by atoms with van der Waals surface area (Å²) in [7, 11) is 0. The number of amides is 1. The van der Waals surface area contributed by atoms with Gasteiger partial charge in [0.25, 0.3) is 5.91 Å². The highest BCUT2D eigenvalue weighted by atomic mass is 79.9. The van der Waals surface area contributed by atoms with Gasteiger partial charge in [-0.3, -0.25) is 9.69 Å². The Balaban J connectivity index is 1.34. The Labute approximate surface area is 194 Å². The summed E-state index contributed by atoms with van der Waals surface area (Å²) in [4.78, 5) is 14.9. The summed E-state index contributed by atoms with van der Waals surface area (Å²) in [6.07, 6.45) is 0. The van der Waals surface area contributed by atoms with Crippen molar-refractivity contribution in [3.8, 4) is 5.75 Å². The van der Waals surface area contributed by atoms with Gasteiger partial charge in [0.1, 0.15) is 18.1 Å². The van der Waals surface area contributed by atoms with Crippen LogP contribution in [0.1, 0.15) is 21.9 Å². The molecule has 2 aromatic carbocycles. The third-order valence-corrected chi connectivity index (χ3v) is 5.63. The molecule has 1 fully saturated rings. The topological polar surface area (TPSA) is 63.9 Å². The van der Waals surface area contributed by atoms with Gasteiger partial charge in [-0.25, -0.2) is 0 Å². The maximum Gasteiger partial charge on any atom is 0.291 e. The van der Waals surface area contributed by atoms with Crippen molar-refractivity contribution in [2.75, 3.05) is 31.6 Å². The van der Waals surface area contributed by atoms with Crippen molar-refractivity contribution in [3.63, 3.8) is 0 Å². The molecule has 31 heavy (non-hydrogen) atoms. The van der Waals surface area contributed by atoms with Crippen molar-refractivity contribution in [2.45, 2.75) is 13.2 Å². The van der Waals surface area contributed by atoms with Crippen LogP contribution in [0.5, 0.6) is 5.75 Å². The lowest BCUT2D eigenvalue weighted by atomic mass is 10.2. The standard InChI is InChI=1S/C23H22BrClN2O4/c24-17-4-6-21(20(25)13-17)30-15-19-5-7-22(31-19)23(28)26-18-3-1-2-16(12-18)14-27-8-10-29-11-9-27/h1-7,12-13H,8-11,14-15H2,(H,26,28). The first-order valence-corrected chi connectivity index (χ1v) is 11.1. The predicted molar refractivity (Wildman–Crippen MR) is 123 cm³/mol. The molecule has 1 aromatic heterocycles. The fraction of sp³-hybridized carbons (Fsp3) is 0.261. The number of carbonyl (C=O) groups is 1. The summed E-state index contributed by atoms with van der Waals surface area (Å²) in [5.74, 6) is 0.991. The number of furan rings is 1. The van der Waals surface area contributed by atoms with Crippen molar-refractivity contribution in [1.82, 2.24) is 4.90 Å². The Kier molecular flexibility index (Phi) is 7.29. The predicted octanol–water partition coefficient (Wildman–Crippen LogP) is 5.36. The number of halogens is 2. The highest BCUT2D eigenvalue weighted by Crippen LogP contribution is 2.28. The monoisotopic (exact) mass is 504 g/mol. The number of rotatable bonds is 7. The van der Waals surface area contributed by atoms with Crippen LogP contribution in [0, 0.1) is 0 Å². The number of carbonyl (C=O) groups excluding carboxylic acids is 1. The summed E-state index contributed by atoms with van der Waals surface area (Å²) in [6.45, 7) is 4.35. The van der Waals surface area contributed by atoms with E-state index in [4.69, 9.17) is 25.5 Å². The highest BCUT2D eigenvalue weighted by Gasteiger charge is 2.14. The first-order valence-electron chi connectivity index (χ1n) is 9.94. The number of ether oxygens (including phenoxy) is 2. The van der Waals surface area contributed by atoms with Crippen molar-refractivity contribution >= 4 is 39.1 Å². The van der Waals surface area contributed by atoms with Gasteiger partial charge in [-0.15, -0.1) is 0 Å². The van der Waals surface area contributed by atoms with Gasteiger partial charge in [0.2, 0.25) is 0 Å². The second kappa shape index (κ2) is 10.3. The first kappa shape index (κ1) is 21.9. The van der Waals surface area contributed by atoms with Crippen molar-refractivity contribution in [3.05, 3.63) is 81.2 Å². The van der Waals surface area contributed by atoms with E-state index in [0.29, 0.717) is 16.5 Å². The summed E-state index contributed by atoms with van der Waals surface area (Å²) in [6, 6.07) is 16.6. The van der Waals surface area contributed by atoms with Crippen LogP contribution in [-0.2, 0) is 17.9 Å². The van der Waals surface area contributed by atoms with Crippen LogP contribution in [0.2, 0.25) is 5.02 Å². The van der Waals surface area contributed by atoms with Gasteiger partial charge in [-0.2, -0.15) is 0 Å². The van der Waals surface area contributed by atoms with Crippen molar-refractivity contribution in [1.29, 1.82) is 0 Å². The van der Waals surface area contributed by atoms with E-state index in [2.05, 4.69) is 32.2 Å². The summed E-state index contributed by atoms with van der Waals surface area (Å²) in [5, 5.41) is 3.39. The second-order valence-electron chi connectivity index (χ2n) is 7.17. The minimum atomic E-state index is -0.309. The van der Waals surface area contributed by atoms with Crippen LogP contribution in [0.25, 0.3) is 0 Å². The lowest BCUT2D eigenvalue weighted by Gasteiger charge is -2.26. The van der Waals surface area contributed by atoms with Gasteiger partial charge in [0.15, 0.2) is 5.76 Å². The molecule has 0 saturated carbocycles. The molecule has 1 saturated heterocycles. The third-order valence-electron chi connectivity index (χ3n) is 4.84. The Morgan fingerprint density at radius 1 is 1.13 bits per heavy atom. The zero-order chi connectivity index (χ0) is 21.6. The van der Waals surface area contributed by atoms with Gasteiger partial charge in [-0.05, 0) is 48.0 Å². The Morgan fingerprint density at radius 3 is 2.77 bits per heavy atom. The third kappa shape index (κ3) is 6.11. The van der Waals surface area contributed by atoms with E-state index in [1.807, 2.05) is 24.3 Å². The minimum absolute atomic E-state index is 0.170. The molecule has 1 aliphatic heterocycles. The lowest BCUT2D eigenvalue weighted by Crippen LogP contribution is -2.35. The lowest BCUT2D eigenvalue weighted by molar-refractivity contribution is 0.0342. The Hall–Kier alpha value is -2.32. The number of hydrogen-bond acceptors (Lipinski definition) is 5. The number of morpholine rings is 1. The van der Waals surface area contributed by atoms with Gasteiger partial charge in [-0.1, -0.05) is 39.7 Å². The van der Waals surface area contributed by atoms with Crippen molar-refractivity contribution in [2.24, 2.45) is 0 Å². The molecule has 4 rings (SSSR count). The molecule has 1 amide bonds. The summed E-state index contributed by atoms with van der Waals surface area (Å²) in [5.41, 5.74) is 1.87. The van der Waals surface area contributed by atoms with E-state index < -0.39 is 0 Å². The number of anilines is 1. The van der Waals surface area contributed by atoms with E-state index >= 15 is 0 Å². The van der Waals surface area contributed by atoms with Crippen LogP contribution in [-0.4, -0.2) is 37.1 Å². The molecule has 0 atom stereocenters. The molecule has 1 aliphatic rings. The molecule has 3 aromatic rings. The summed E-state index contributed by atoms with van der Waals surface area (Å²) >= 11 is 9.51. The van der Waals surface area contributed by atoms with Gasteiger partial charge >= 0.3 is 0 Å². The molecular formula is C23H22BrClN2O4. The zero-order valence-electron chi connectivity index (χ0n) is 16.8. The van der Waals surface area contributed by atoms with Crippen LogP contribution in [0.15, 0.2) is 63.5 Å². The molecule has 0 spiro atoms. The molecule has 2 heterocycles. The van der Waals surface area contributed by atoms with Gasteiger partial charge < -0.3 is 19.2 Å². The first-order chi connectivity index (χ1) is 15.1. The van der Waals surface area contributed by atoms with Crippen molar-refractivity contribution < 1.29 is 18.7 Å². The molecule has 0 unspecified atom stereocenters. The second-order valence-corrected chi connectivity index (χ2v) is 8.50. The van der Waals surface area contributed by atoms with Crippen LogP contribution < -0.4 is 10.1 Å². The van der Waals surface area contributed by atoms with E-state index in [0.717, 1.165) is 48.6 Å². The molecular weight excluding hydrogens is 484 g/mol. The fourth-order valence-electron chi connectivity index (χ4n) is 3.28. The van der Waals surface area contributed by atoms with E-state index in [1.165, 1.54) is 0 Å². The van der Waals surface area contributed by atoms with E-state index in [-0.39, 0.29) is 18.3 Å². The average Bonchev–Trinajstić information content (AvgIpc) is 3.23. The molecule has 0 radical (unpaired) electrons. The van der Waals surface area contributed by atoms with E-state index in [1.54, 1.807) is 24.3 Å². The Morgan fingerprint density at radius 2 is 1.97 bits per heavy atom. The maximum absolute atomic E-state index is 12.6. The van der Waals surface area contributed by atoms with Gasteiger partial charge in [0.05, 0.1) is 18.2 Å². The van der Waals surface area contributed by atoms with Crippen LogP contribution >= 0.6 is 27.5 Å². The fourth-order valence-corrected chi connectivity index (χ4v) is 4.00. The smallest absolute Gasteiger partial charge is 0.291 e. The number of hydrogen-bond donors (Lipinski definition) is 1. The zero-order valence-corrected chi connectivity index (χ0v) is 19.1. The Bertz CT molecular complexity index is 1050. The SMILES string of the molecule is O=C(Nc1cccc(CN2CCOCC2)c1)c1ccc(COc2ccc(Br)cc2Cl)o1. The quantitative estimate of drug-likeness (QED) is 0.468. The highest BCUT2D eigenvalue weighted by molar-refractivity contribution is 9.10. The molecule has 6 nitrogen and oxygen atoms in total. The minimum Gasteiger partial charge on any atom is -0.484 e. The van der Waals surface area contributed by atoms with Gasteiger partial charge in [0, 0.05) is 29.8 Å². The largest absolute Gasteiger partial charge is 0.484 e. The average molecular weight is 506 g/mol. The number of nitrogens with zero attached hydrogens (tertiary/aromatic N) is 1.